The molecule has 2 heterocycles. The fraction of sp³-hybridized carbons (Fsp3) is 0.0625. The van der Waals surface area contributed by atoms with Gasteiger partial charge in [-0.25, -0.2) is 0 Å². The topological polar surface area (TPSA) is 59.8 Å². The quantitative estimate of drug-likeness (QED) is 0.798. The zero-order valence-corrected chi connectivity index (χ0v) is 11.3. The monoisotopic (exact) mass is 278 g/mol. The Morgan fingerprint density at radius 3 is 2.57 bits per heavy atom. The molecule has 0 fully saturated rings. The molecule has 0 aliphatic heterocycles. The maximum atomic E-state index is 11.9. The van der Waals surface area contributed by atoms with E-state index in [0.717, 1.165) is 16.8 Å². The molecular formula is C16H14N4O. The molecule has 1 aromatic carbocycles. The molecule has 104 valence electrons. The molecule has 0 radical (unpaired) electrons. The van der Waals surface area contributed by atoms with E-state index < -0.39 is 0 Å². The van der Waals surface area contributed by atoms with Crippen molar-refractivity contribution in [1.82, 2.24) is 14.8 Å². The van der Waals surface area contributed by atoms with Gasteiger partial charge in [-0.05, 0) is 17.7 Å². The lowest BCUT2D eigenvalue weighted by Gasteiger charge is -2.04. The summed E-state index contributed by atoms with van der Waals surface area (Å²) in [4.78, 5) is 15.8. The van der Waals surface area contributed by atoms with Gasteiger partial charge >= 0.3 is 0 Å². The molecule has 3 rings (SSSR count). The highest BCUT2D eigenvalue weighted by Gasteiger charge is 2.06. The highest BCUT2D eigenvalue weighted by atomic mass is 16.2. The third-order valence-electron chi connectivity index (χ3n) is 3.01. The van der Waals surface area contributed by atoms with Crippen molar-refractivity contribution in [1.29, 1.82) is 0 Å². The zero-order valence-electron chi connectivity index (χ0n) is 11.3. The van der Waals surface area contributed by atoms with Crippen molar-refractivity contribution in [2.45, 2.75) is 6.54 Å². The van der Waals surface area contributed by atoms with Gasteiger partial charge in [0.2, 0.25) is 5.91 Å². The van der Waals surface area contributed by atoms with Gasteiger partial charge in [0, 0.05) is 29.8 Å². The SMILES string of the molecule is O=C(Cn1cc(-c2ccccc2)cn1)Nc1ccncc1. The van der Waals surface area contributed by atoms with Crippen LogP contribution in [0.2, 0.25) is 0 Å². The van der Waals surface area contributed by atoms with Crippen LogP contribution in [0, 0.1) is 0 Å². The van der Waals surface area contributed by atoms with Crippen molar-refractivity contribution >= 4 is 11.6 Å². The summed E-state index contributed by atoms with van der Waals surface area (Å²) in [5.41, 5.74) is 2.80. The number of aromatic nitrogens is 3. The predicted molar refractivity (Wildman–Crippen MR) is 80.5 cm³/mol. The molecule has 0 aliphatic rings. The number of rotatable bonds is 4. The second kappa shape index (κ2) is 6.00. The van der Waals surface area contributed by atoms with E-state index in [9.17, 15) is 4.79 Å². The highest BCUT2D eigenvalue weighted by molar-refractivity contribution is 5.90. The molecular weight excluding hydrogens is 264 g/mol. The van der Waals surface area contributed by atoms with Gasteiger partial charge in [0.15, 0.2) is 0 Å². The summed E-state index contributed by atoms with van der Waals surface area (Å²) in [6.07, 6.45) is 6.89. The fourth-order valence-electron chi connectivity index (χ4n) is 2.01. The molecule has 0 unspecified atom stereocenters. The summed E-state index contributed by atoms with van der Waals surface area (Å²) in [5, 5.41) is 7.02. The number of nitrogens with zero attached hydrogens (tertiary/aromatic N) is 3. The van der Waals surface area contributed by atoms with Crippen LogP contribution in [0.25, 0.3) is 11.1 Å². The summed E-state index contributed by atoms with van der Waals surface area (Å²) < 4.78 is 1.62. The fourth-order valence-corrected chi connectivity index (χ4v) is 2.01. The van der Waals surface area contributed by atoms with Crippen molar-refractivity contribution in [3.05, 3.63) is 67.3 Å². The largest absolute Gasteiger partial charge is 0.324 e. The van der Waals surface area contributed by atoms with Crippen LogP contribution in [0.3, 0.4) is 0 Å². The summed E-state index contributed by atoms with van der Waals surface area (Å²) >= 11 is 0. The standard InChI is InChI=1S/C16H14N4O/c21-16(19-15-6-8-17-9-7-15)12-20-11-14(10-18-20)13-4-2-1-3-5-13/h1-11H,12H2,(H,17,19,21). The lowest BCUT2D eigenvalue weighted by atomic mass is 10.1. The van der Waals surface area contributed by atoms with E-state index in [1.807, 2.05) is 36.5 Å². The molecule has 5 heteroatoms. The first-order valence-electron chi connectivity index (χ1n) is 6.59. The number of benzene rings is 1. The minimum absolute atomic E-state index is 0.121. The number of pyridine rings is 1. The van der Waals surface area contributed by atoms with Gasteiger partial charge in [-0.3, -0.25) is 14.5 Å². The van der Waals surface area contributed by atoms with Gasteiger partial charge in [-0.15, -0.1) is 0 Å². The summed E-state index contributed by atoms with van der Waals surface area (Å²) in [6.45, 7) is 0.176. The summed E-state index contributed by atoms with van der Waals surface area (Å²) in [7, 11) is 0. The molecule has 5 nitrogen and oxygen atoms in total. The van der Waals surface area contributed by atoms with Crippen LogP contribution in [-0.4, -0.2) is 20.7 Å². The van der Waals surface area contributed by atoms with E-state index in [4.69, 9.17) is 0 Å². The van der Waals surface area contributed by atoms with E-state index in [1.165, 1.54) is 0 Å². The molecule has 3 aromatic rings. The number of nitrogens with one attached hydrogen (secondary N) is 1. The van der Waals surface area contributed by atoms with Crippen LogP contribution >= 0.6 is 0 Å². The summed E-state index contributed by atoms with van der Waals surface area (Å²) in [6, 6.07) is 13.4. The first-order chi connectivity index (χ1) is 10.3. The third kappa shape index (κ3) is 3.33. The molecule has 0 spiro atoms. The average Bonchev–Trinajstić information content (AvgIpc) is 2.97. The Bertz CT molecular complexity index is 722. The normalized spacial score (nSPS) is 10.3. The first kappa shape index (κ1) is 13.1. The molecule has 1 amide bonds. The Morgan fingerprint density at radius 2 is 1.81 bits per heavy atom. The minimum Gasteiger partial charge on any atom is -0.324 e. The lowest BCUT2D eigenvalue weighted by Crippen LogP contribution is -2.18. The Morgan fingerprint density at radius 1 is 1.05 bits per heavy atom. The first-order valence-corrected chi connectivity index (χ1v) is 6.59. The number of carbonyl (C=O) groups is 1. The van der Waals surface area contributed by atoms with E-state index in [0.29, 0.717) is 0 Å². The third-order valence-corrected chi connectivity index (χ3v) is 3.01. The Balaban J connectivity index is 1.66. The van der Waals surface area contributed by atoms with Crippen LogP contribution < -0.4 is 5.32 Å². The van der Waals surface area contributed by atoms with Crippen molar-refractivity contribution in [3.8, 4) is 11.1 Å². The molecule has 2 aromatic heterocycles. The van der Waals surface area contributed by atoms with Gasteiger partial charge in [0.05, 0.1) is 6.20 Å². The average molecular weight is 278 g/mol. The molecule has 21 heavy (non-hydrogen) atoms. The highest BCUT2D eigenvalue weighted by Crippen LogP contribution is 2.17. The van der Waals surface area contributed by atoms with Crippen LogP contribution in [0.15, 0.2) is 67.3 Å². The second-order valence-corrected chi connectivity index (χ2v) is 4.58. The van der Waals surface area contributed by atoms with E-state index in [-0.39, 0.29) is 12.5 Å². The molecule has 0 aliphatic carbocycles. The van der Waals surface area contributed by atoms with Crippen LogP contribution in [-0.2, 0) is 11.3 Å². The van der Waals surface area contributed by atoms with Gasteiger partial charge in [0.1, 0.15) is 6.54 Å². The Labute approximate surface area is 122 Å². The maximum Gasteiger partial charge on any atom is 0.246 e. The molecule has 1 N–H and O–H groups in total. The van der Waals surface area contributed by atoms with E-state index >= 15 is 0 Å². The number of carbonyl (C=O) groups excluding carboxylic acids is 1. The Kier molecular flexibility index (Phi) is 3.73. The number of anilines is 1. The van der Waals surface area contributed by atoms with Crippen molar-refractivity contribution in [3.63, 3.8) is 0 Å². The Hall–Kier alpha value is -2.95. The van der Waals surface area contributed by atoms with E-state index in [2.05, 4.69) is 15.4 Å². The molecule has 0 saturated carbocycles. The number of amides is 1. The van der Waals surface area contributed by atoms with Gasteiger partial charge in [-0.2, -0.15) is 5.10 Å². The van der Waals surface area contributed by atoms with Crippen LogP contribution in [0.5, 0.6) is 0 Å². The van der Waals surface area contributed by atoms with Gasteiger partial charge in [0.25, 0.3) is 0 Å². The lowest BCUT2D eigenvalue weighted by molar-refractivity contribution is -0.116. The zero-order chi connectivity index (χ0) is 14.5. The minimum atomic E-state index is -0.121. The molecule has 0 saturated heterocycles. The van der Waals surface area contributed by atoms with Crippen molar-refractivity contribution in [2.75, 3.05) is 5.32 Å². The molecule has 0 bridgehead atoms. The number of hydrogen-bond donors (Lipinski definition) is 1. The van der Waals surface area contributed by atoms with E-state index in [1.54, 1.807) is 35.4 Å². The smallest absolute Gasteiger partial charge is 0.246 e. The predicted octanol–water partition coefficient (Wildman–Crippen LogP) is 2.58. The van der Waals surface area contributed by atoms with Crippen molar-refractivity contribution < 1.29 is 4.79 Å². The van der Waals surface area contributed by atoms with Gasteiger partial charge in [-0.1, -0.05) is 30.3 Å². The maximum absolute atomic E-state index is 11.9. The number of hydrogen-bond acceptors (Lipinski definition) is 3. The van der Waals surface area contributed by atoms with Crippen molar-refractivity contribution in [2.24, 2.45) is 0 Å². The van der Waals surface area contributed by atoms with Gasteiger partial charge < -0.3 is 5.32 Å². The molecule has 0 atom stereocenters. The second-order valence-electron chi connectivity index (χ2n) is 4.58. The summed E-state index contributed by atoms with van der Waals surface area (Å²) in [5.74, 6) is -0.121. The van der Waals surface area contributed by atoms with Crippen LogP contribution in [0.1, 0.15) is 0 Å². The van der Waals surface area contributed by atoms with Crippen LogP contribution in [0.4, 0.5) is 5.69 Å².